The van der Waals surface area contributed by atoms with Crippen LogP contribution in [-0.2, 0) is 16.0 Å². The predicted molar refractivity (Wildman–Crippen MR) is 118 cm³/mol. The summed E-state index contributed by atoms with van der Waals surface area (Å²) in [6.07, 6.45) is -7.67. The maximum atomic E-state index is 13.4. The highest BCUT2D eigenvalue weighted by Gasteiger charge is 2.42. The average molecular weight is 547 g/mol. The summed E-state index contributed by atoms with van der Waals surface area (Å²) in [5.74, 6) is -1.50. The maximum Gasteiger partial charge on any atom is 0.416 e. The van der Waals surface area contributed by atoms with Crippen molar-refractivity contribution in [1.29, 1.82) is 0 Å². The summed E-state index contributed by atoms with van der Waals surface area (Å²) < 4.78 is 105. The molecule has 2 aliphatic heterocycles. The number of hydrogen-bond acceptors (Lipinski definition) is 6. The van der Waals surface area contributed by atoms with Gasteiger partial charge in [0.1, 0.15) is 5.69 Å². The Morgan fingerprint density at radius 1 is 1.08 bits per heavy atom. The highest BCUT2D eigenvalue weighted by Crippen LogP contribution is 2.38. The fourth-order valence-corrected chi connectivity index (χ4v) is 5.11. The summed E-state index contributed by atoms with van der Waals surface area (Å²) in [6.45, 7) is 0.314. The Morgan fingerprint density at radius 3 is 2.41 bits per heavy atom. The fourth-order valence-electron chi connectivity index (χ4n) is 4.05. The number of hydrogen-bond donors (Lipinski definition) is 1. The number of allylic oxidation sites excluding steroid dienone is 1. The number of benzene rings is 1. The summed E-state index contributed by atoms with van der Waals surface area (Å²) in [5.41, 5.74) is -2.86. The number of aromatic nitrogens is 1. The number of pyridine rings is 1. The number of carbonyl (C=O) groups excluding carboxylic acids is 1. The van der Waals surface area contributed by atoms with E-state index in [1.54, 1.807) is 0 Å². The third-order valence-corrected chi connectivity index (χ3v) is 7.75. The number of nitrogens with zero attached hydrogens (tertiary/aromatic N) is 3. The zero-order valence-electron chi connectivity index (χ0n) is 19.1. The molecule has 37 heavy (non-hydrogen) atoms. The van der Waals surface area contributed by atoms with Crippen LogP contribution >= 0.6 is 0 Å². The fraction of sp³-hybridized carbons (Fsp3) is 0.304. The number of alkyl halides is 6. The molecule has 0 aliphatic carbocycles. The van der Waals surface area contributed by atoms with Crippen molar-refractivity contribution >= 4 is 15.7 Å². The molecule has 1 aromatic carbocycles. The van der Waals surface area contributed by atoms with Crippen LogP contribution in [0.3, 0.4) is 0 Å². The Kier molecular flexibility index (Phi) is 6.61. The lowest BCUT2D eigenvalue weighted by molar-refractivity contribution is -0.137. The van der Waals surface area contributed by atoms with Gasteiger partial charge in [-0.3, -0.25) is 15.1 Å². The van der Waals surface area contributed by atoms with Crippen LogP contribution in [0.4, 0.5) is 26.3 Å². The van der Waals surface area contributed by atoms with Crippen LogP contribution in [0.25, 0.3) is 11.1 Å². The van der Waals surface area contributed by atoms with E-state index in [9.17, 15) is 44.8 Å². The predicted octanol–water partition coefficient (Wildman–Crippen LogP) is 4.81. The van der Waals surface area contributed by atoms with Crippen LogP contribution in [0.5, 0.6) is 0 Å². The smallest absolute Gasteiger partial charge is 0.305 e. The van der Waals surface area contributed by atoms with Gasteiger partial charge in [0.05, 0.1) is 39.7 Å². The van der Waals surface area contributed by atoms with Crippen LogP contribution < -0.4 is 0 Å². The number of carbonyl (C=O) groups is 1. The first kappa shape index (κ1) is 26.7. The summed E-state index contributed by atoms with van der Waals surface area (Å²) in [6, 6.07) is 5.12. The number of hydroxylamine groups is 2. The number of amides is 1. The van der Waals surface area contributed by atoms with E-state index >= 15 is 0 Å². The molecule has 198 valence electrons. The summed E-state index contributed by atoms with van der Waals surface area (Å²) in [7, 11) is -4.15. The van der Waals surface area contributed by atoms with Crippen molar-refractivity contribution in [3.63, 3.8) is 0 Å². The summed E-state index contributed by atoms with van der Waals surface area (Å²) in [4.78, 5) is 17.6. The number of rotatable bonds is 4. The second-order valence-corrected chi connectivity index (χ2v) is 10.6. The molecule has 1 aromatic heterocycles. The van der Waals surface area contributed by atoms with Crippen LogP contribution in [0.15, 0.2) is 64.5 Å². The van der Waals surface area contributed by atoms with E-state index in [2.05, 4.69) is 4.98 Å². The molecule has 0 fully saturated rings. The molecule has 0 atom stereocenters. The molecule has 14 heteroatoms. The van der Waals surface area contributed by atoms with Gasteiger partial charge in [0.2, 0.25) is 0 Å². The second-order valence-electron chi connectivity index (χ2n) is 8.32. The van der Waals surface area contributed by atoms with Gasteiger partial charge in [-0.1, -0.05) is 19.1 Å². The van der Waals surface area contributed by atoms with Gasteiger partial charge in [-0.2, -0.15) is 26.3 Å². The third-order valence-electron chi connectivity index (χ3n) is 6.00. The van der Waals surface area contributed by atoms with Gasteiger partial charge >= 0.3 is 12.4 Å². The Labute approximate surface area is 207 Å². The van der Waals surface area contributed by atoms with Gasteiger partial charge < -0.3 is 4.90 Å². The Balaban J connectivity index is 1.80. The first-order valence-electron chi connectivity index (χ1n) is 10.8. The Morgan fingerprint density at radius 2 is 1.78 bits per heavy atom. The molecule has 0 radical (unpaired) electrons. The van der Waals surface area contributed by atoms with E-state index in [0.29, 0.717) is 5.06 Å². The van der Waals surface area contributed by atoms with Gasteiger partial charge in [-0.25, -0.2) is 13.4 Å². The molecule has 0 saturated heterocycles. The van der Waals surface area contributed by atoms with Gasteiger partial charge in [0.15, 0.2) is 9.84 Å². The van der Waals surface area contributed by atoms with Crippen molar-refractivity contribution in [2.45, 2.75) is 30.6 Å². The molecule has 1 N–H and O–H groups in total. The average Bonchev–Trinajstić information content (AvgIpc) is 3.27. The third kappa shape index (κ3) is 5.07. The largest absolute Gasteiger partial charge is 0.416 e. The van der Waals surface area contributed by atoms with E-state index in [1.165, 1.54) is 13.0 Å². The van der Waals surface area contributed by atoms with Crippen molar-refractivity contribution in [3.8, 4) is 11.1 Å². The van der Waals surface area contributed by atoms with Crippen molar-refractivity contribution in [2.24, 2.45) is 0 Å². The molecule has 4 rings (SSSR count). The van der Waals surface area contributed by atoms with Gasteiger partial charge in [-0.05, 0) is 29.8 Å². The Bertz CT molecular complexity index is 1430. The first-order chi connectivity index (χ1) is 17.1. The first-order valence-corrected chi connectivity index (χ1v) is 12.5. The maximum absolute atomic E-state index is 13.4. The van der Waals surface area contributed by atoms with E-state index in [0.717, 1.165) is 41.4 Å². The molecule has 0 unspecified atom stereocenters. The summed E-state index contributed by atoms with van der Waals surface area (Å²) in [5, 5.41) is 10.4. The van der Waals surface area contributed by atoms with Crippen molar-refractivity contribution in [2.75, 3.05) is 18.8 Å². The topological polar surface area (TPSA) is 90.8 Å². The van der Waals surface area contributed by atoms with Crippen molar-refractivity contribution in [1.82, 2.24) is 14.9 Å². The lowest BCUT2D eigenvalue weighted by atomic mass is 10.0. The van der Waals surface area contributed by atoms with Crippen LogP contribution in [0.1, 0.15) is 29.4 Å². The monoisotopic (exact) mass is 547 g/mol. The number of halogens is 6. The zero-order valence-corrected chi connectivity index (χ0v) is 19.9. The Hall–Kier alpha value is -3.39. The minimum atomic E-state index is -4.78. The van der Waals surface area contributed by atoms with E-state index < -0.39 is 62.1 Å². The minimum Gasteiger partial charge on any atom is -0.305 e. The van der Waals surface area contributed by atoms with Crippen molar-refractivity contribution < 1.29 is 44.8 Å². The lowest BCUT2D eigenvalue weighted by Crippen LogP contribution is -2.34. The highest BCUT2D eigenvalue weighted by atomic mass is 32.2. The number of sulfone groups is 1. The van der Waals surface area contributed by atoms with Gasteiger partial charge in [0, 0.05) is 24.7 Å². The van der Waals surface area contributed by atoms with Gasteiger partial charge in [-0.15, -0.1) is 0 Å². The molecule has 7 nitrogen and oxygen atoms in total. The molecule has 1 amide bonds. The SMILES string of the molecule is CCS(=O)(=O)c1cc(-c2cccc(C(F)(F)F)c2)cnc1C(=O)N1CCC2=C1C=C(C(F)(F)F)CN2O. The van der Waals surface area contributed by atoms with Gasteiger partial charge in [0.25, 0.3) is 5.91 Å². The van der Waals surface area contributed by atoms with E-state index in [1.807, 2.05) is 0 Å². The lowest BCUT2D eigenvalue weighted by Gasteiger charge is -2.28. The standard InChI is InChI=1S/C23H19F6N3O4S/c1-2-37(35,36)19-9-14(13-4-3-5-15(8-13)22(24,25)26)11-30-20(19)21(33)31-7-6-17-18(31)10-16(12-32(17)34)23(27,28)29/h3-5,8-11,34H,2,6-7,12H2,1H3. The van der Waals surface area contributed by atoms with Crippen LogP contribution in [0.2, 0.25) is 0 Å². The quantitative estimate of drug-likeness (QED) is 0.553. The summed E-state index contributed by atoms with van der Waals surface area (Å²) >= 11 is 0. The molecule has 0 saturated carbocycles. The van der Waals surface area contributed by atoms with Crippen molar-refractivity contribution in [3.05, 3.63) is 70.8 Å². The minimum absolute atomic E-state index is 0.000925. The molecule has 2 aromatic rings. The van der Waals surface area contributed by atoms with Crippen LogP contribution in [0, 0.1) is 0 Å². The molecule has 0 bridgehead atoms. The highest BCUT2D eigenvalue weighted by molar-refractivity contribution is 7.91. The molecule has 2 aliphatic rings. The second kappa shape index (κ2) is 9.17. The van der Waals surface area contributed by atoms with E-state index in [-0.39, 0.29) is 35.5 Å². The zero-order chi connectivity index (χ0) is 27.3. The molecule has 0 spiro atoms. The molecular weight excluding hydrogens is 528 g/mol. The molecule has 3 heterocycles. The van der Waals surface area contributed by atoms with Crippen LogP contribution in [-0.4, -0.2) is 59.5 Å². The molecular formula is C23H19F6N3O4S. The van der Waals surface area contributed by atoms with E-state index in [4.69, 9.17) is 0 Å². The normalized spacial score (nSPS) is 16.7.